The Kier molecular flexibility index (Phi) is 4.82. The molecule has 0 saturated heterocycles. The molecule has 1 aliphatic rings. The fourth-order valence-corrected chi connectivity index (χ4v) is 2.96. The van der Waals surface area contributed by atoms with Gasteiger partial charge in [-0.25, -0.2) is 0 Å². The van der Waals surface area contributed by atoms with Crippen LogP contribution in [0.15, 0.2) is 70.8 Å². The highest BCUT2D eigenvalue weighted by Crippen LogP contribution is 2.14. The van der Waals surface area contributed by atoms with Crippen LogP contribution < -0.4 is 10.7 Å². The van der Waals surface area contributed by atoms with Gasteiger partial charge in [0.15, 0.2) is 10.3 Å². The lowest BCUT2D eigenvalue weighted by Gasteiger charge is -2.15. The molecule has 110 valence electrons. The van der Waals surface area contributed by atoms with Crippen LogP contribution in [-0.2, 0) is 0 Å². The fraction of sp³-hybridized carbons (Fsp3) is 0.0625. The molecule has 2 aromatic carbocycles. The normalized spacial score (nSPS) is 15.8. The average Bonchev–Trinajstić information content (AvgIpc) is 2.57. The Morgan fingerprint density at radius 2 is 1.77 bits per heavy atom. The molecule has 1 aliphatic heterocycles. The molecule has 0 spiro atoms. The van der Waals surface area contributed by atoms with Crippen LogP contribution in [0.3, 0.4) is 0 Å². The third kappa shape index (κ3) is 3.93. The van der Waals surface area contributed by atoms with Gasteiger partial charge < -0.3 is 5.32 Å². The van der Waals surface area contributed by atoms with Gasteiger partial charge in [0, 0.05) is 11.4 Å². The summed E-state index contributed by atoms with van der Waals surface area (Å²) in [6.45, 7) is 0. The number of hydrogen-bond donors (Lipinski definition) is 2. The van der Waals surface area contributed by atoms with E-state index in [1.54, 1.807) is 11.8 Å². The summed E-state index contributed by atoms with van der Waals surface area (Å²) in [5, 5.41) is 8.56. The van der Waals surface area contributed by atoms with Crippen molar-refractivity contribution in [3.63, 3.8) is 0 Å². The Morgan fingerprint density at radius 1 is 1.09 bits per heavy atom. The number of nitrogens with one attached hydrogen (secondary N) is 2. The van der Waals surface area contributed by atoms with Crippen LogP contribution >= 0.6 is 24.0 Å². The van der Waals surface area contributed by atoms with Crippen molar-refractivity contribution >= 4 is 45.7 Å². The van der Waals surface area contributed by atoms with Crippen molar-refractivity contribution in [3.8, 4) is 0 Å². The van der Waals surface area contributed by atoms with Gasteiger partial charge in [-0.3, -0.25) is 5.43 Å². The molecule has 0 fully saturated rings. The fourth-order valence-electron chi connectivity index (χ4n) is 1.92. The van der Waals surface area contributed by atoms with E-state index in [0.29, 0.717) is 10.3 Å². The molecular weight excluding hydrogens is 312 g/mol. The van der Waals surface area contributed by atoms with Crippen molar-refractivity contribution in [2.24, 2.45) is 10.1 Å². The minimum Gasteiger partial charge on any atom is -0.331 e. The number of aliphatic imine (C=N–C) groups is 1. The molecule has 1 heterocycles. The van der Waals surface area contributed by atoms with Gasteiger partial charge in [-0.15, -0.1) is 0 Å². The van der Waals surface area contributed by atoms with Gasteiger partial charge in [0.05, 0.1) is 5.71 Å². The number of benzene rings is 2. The molecule has 6 heteroatoms. The Morgan fingerprint density at radius 3 is 2.41 bits per heavy atom. The number of anilines is 1. The molecule has 0 unspecified atom stereocenters. The molecule has 4 nitrogen and oxygen atoms in total. The van der Waals surface area contributed by atoms with Crippen molar-refractivity contribution in [1.29, 1.82) is 0 Å². The Bertz CT molecular complexity index is 711. The van der Waals surface area contributed by atoms with E-state index < -0.39 is 0 Å². The van der Waals surface area contributed by atoms with Crippen molar-refractivity contribution < 1.29 is 0 Å². The summed E-state index contributed by atoms with van der Waals surface area (Å²) in [5.41, 5.74) is 6.00. The minimum absolute atomic E-state index is 0.416. The van der Waals surface area contributed by atoms with Gasteiger partial charge in [-0.05, 0) is 29.9 Å². The molecule has 0 bridgehead atoms. The Hall–Kier alpha value is -2.18. The third-order valence-electron chi connectivity index (χ3n) is 2.97. The predicted octanol–water partition coefficient (Wildman–Crippen LogP) is 3.48. The van der Waals surface area contributed by atoms with Gasteiger partial charge in [-0.1, -0.05) is 60.3 Å². The number of rotatable bonds is 2. The first-order valence-electron chi connectivity index (χ1n) is 6.77. The lowest BCUT2D eigenvalue weighted by Crippen LogP contribution is -2.26. The molecule has 0 aliphatic carbocycles. The van der Waals surface area contributed by atoms with Crippen LogP contribution in [0.25, 0.3) is 0 Å². The molecule has 0 aromatic heterocycles. The van der Waals surface area contributed by atoms with Crippen molar-refractivity contribution in [3.05, 3.63) is 66.2 Å². The zero-order valence-electron chi connectivity index (χ0n) is 11.7. The monoisotopic (exact) mass is 326 g/mol. The second-order valence-corrected chi connectivity index (χ2v) is 5.89. The summed E-state index contributed by atoms with van der Waals surface area (Å²) in [6, 6.07) is 19.8. The largest absolute Gasteiger partial charge is 0.331 e. The first kappa shape index (κ1) is 14.7. The van der Waals surface area contributed by atoms with E-state index in [4.69, 9.17) is 12.2 Å². The van der Waals surface area contributed by atoms with E-state index >= 15 is 0 Å². The average molecular weight is 326 g/mol. The maximum Gasteiger partial charge on any atom is 0.199 e. The van der Waals surface area contributed by atoms with Crippen LogP contribution in [0.4, 0.5) is 5.69 Å². The van der Waals surface area contributed by atoms with Gasteiger partial charge in [0.2, 0.25) is 0 Å². The third-order valence-corrected chi connectivity index (χ3v) is 4.03. The SMILES string of the molecule is S=C(N=C1NN=C(c2ccccc2)CS1)Nc1ccccc1. The highest BCUT2D eigenvalue weighted by molar-refractivity contribution is 8.14. The van der Waals surface area contributed by atoms with Crippen molar-refractivity contribution in [1.82, 2.24) is 5.43 Å². The smallest absolute Gasteiger partial charge is 0.199 e. The summed E-state index contributed by atoms with van der Waals surface area (Å²) in [5.74, 6) is 0.768. The van der Waals surface area contributed by atoms with Gasteiger partial charge >= 0.3 is 0 Å². The maximum absolute atomic E-state index is 5.24. The van der Waals surface area contributed by atoms with Gasteiger partial charge in [0.25, 0.3) is 0 Å². The topological polar surface area (TPSA) is 48.8 Å². The predicted molar refractivity (Wildman–Crippen MR) is 98.7 cm³/mol. The lowest BCUT2D eigenvalue weighted by atomic mass is 10.1. The van der Waals surface area contributed by atoms with Crippen LogP contribution in [-0.4, -0.2) is 21.7 Å². The zero-order chi connectivity index (χ0) is 15.2. The summed E-state index contributed by atoms with van der Waals surface area (Å²) in [7, 11) is 0. The Labute approximate surface area is 138 Å². The second-order valence-electron chi connectivity index (χ2n) is 4.54. The number of para-hydroxylation sites is 1. The van der Waals surface area contributed by atoms with E-state index in [-0.39, 0.29) is 0 Å². The molecule has 22 heavy (non-hydrogen) atoms. The van der Waals surface area contributed by atoms with Crippen molar-refractivity contribution in [2.75, 3.05) is 11.1 Å². The minimum atomic E-state index is 0.416. The summed E-state index contributed by atoms with van der Waals surface area (Å²) >= 11 is 6.82. The van der Waals surface area contributed by atoms with Crippen molar-refractivity contribution in [2.45, 2.75) is 0 Å². The molecule has 0 radical (unpaired) electrons. The number of thioether (sulfide) groups is 1. The maximum atomic E-state index is 5.24. The summed E-state index contributed by atoms with van der Waals surface area (Å²) < 4.78 is 0. The molecule has 0 saturated carbocycles. The molecule has 2 aromatic rings. The van der Waals surface area contributed by atoms with Crippen LogP contribution in [0.5, 0.6) is 0 Å². The number of amidine groups is 1. The molecule has 0 atom stereocenters. The highest BCUT2D eigenvalue weighted by Gasteiger charge is 2.13. The highest BCUT2D eigenvalue weighted by atomic mass is 32.2. The number of thiocarbonyl (C=S) groups is 1. The van der Waals surface area contributed by atoms with E-state index in [0.717, 1.165) is 22.7 Å². The molecular formula is C16H14N4S2. The number of hydrazone groups is 1. The van der Waals surface area contributed by atoms with Crippen LogP contribution in [0.1, 0.15) is 5.56 Å². The first-order valence-corrected chi connectivity index (χ1v) is 8.16. The molecule has 2 N–H and O–H groups in total. The summed E-state index contributed by atoms with van der Waals surface area (Å²) in [4.78, 5) is 4.34. The van der Waals surface area contributed by atoms with E-state index in [2.05, 4.69) is 20.8 Å². The second kappa shape index (κ2) is 7.20. The van der Waals surface area contributed by atoms with E-state index in [1.165, 1.54) is 0 Å². The standard InChI is InChI=1S/C16H14N4S2/c21-15(17-13-9-5-2-6-10-13)18-16-20-19-14(11-22-16)12-7-3-1-4-8-12/h1-10H,11H2,(H2,17,18,20,21). The van der Waals surface area contributed by atoms with Crippen LogP contribution in [0, 0.1) is 0 Å². The zero-order valence-corrected chi connectivity index (χ0v) is 13.3. The van der Waals surface area contributed by atoms with Crippen LogP contribution in [0.2, 0.25) is 0 Å². The Balaban J connectivity index is 1.63. The first-order chi connectivity index (χ1) is 10.8. The molecule has 0 amide bonds. The van der Waals surface area contributed by atoms with E-state index in [1.807, 2.05) is 60.7 Å². The number of nitrogens with zero attached hydrogens (tertiary/aromatic N) is 2. The quantitative estimate of drug-likeness (QED) is 0.830. The molecule has 3 rings (SSSR count). The number of hydrogen-bond acceptors (Lipinski definition) is 3. The van der Waals surface area contributed by atoms with E-state index in [9.17, 15) is 0 Å². The summed E-state index contributed by atoms with van der Waals surface area (Å²) in [6.07, 6.45) is 0. The lowest BCUT2D eigenvalue weighted by molar-refractivity contribution is 1.04. The van der Waals surface area contributed by atoms with Gasteiger partial charge in [-0.2, -0.15) is 10.1 Å². The van der Waals surface area contributed by atoms with Gasteiger partial charge in [0.1, 0.15) is 0 Å².